The van der Waals surface area contributed by atoms with Crippen LogP contribution in [0, 0.1) is 32.1 Å². The molecule has 0 aliphatic heterocycles. The Morgan fingerprint density at radius 3 is 2.46 bits per heavy atom. The molecule has 1 aromatic carbocycles. The van der Waals surface area contributed by atoms with Crippen LogP contribution in [0.1, 0.15) is 50.5 Å². The molecule has 15 heteroatoms. The van der Waals surface area contributed by atoms with Crippen LogP contribution in [0.3, 0.4) is 0 Å². The van der Waals surface area contributed by atoms with Crippen LogP contribution in [0.25, 0.3) is 0 Å². The second-order valence-corrected chi connectivity index (χ2v) is 9.39. The summed E-state index contributed by atoms with van der Waals surface area (Å²) in [5.74, 6) is -0.0821. The summed E-state index contributed by atoms with van der Waals surface area (Å²) < 4.78 is 48.8. The molecule has 12 nitrogen and oxygen atoms in total. The van der Waals surface area contributed by atoms with E-state index in [9.17, 15) is 43.3 Å². The molecular weight excluding hydrogens is 557 g/mol. The van der Waals surface area contributed by atoms with Crippen molar-refractivity contribution >= 4 is 5.97 Å². The quantitative estimate of drug-likeness (QED) is 0.0822. The molecule has 41 heavy (non-hydrogen) atoms. The number of aliphatic hydroxyl groups excluding tert-OH is 1. The van der Waals surface area contributed by atoms with Gasteiger partial charge in [-0.2, -0.15) is 13.2 Å². The van der Waals surface area contributed by atoms with Gasteiger partial charge in [-0.1, -0.05) is 36.8 Å². The van der Waals surface area contributed by atoms with Crippen molar-refractivity contribution in [1.82, 2.24) is 0 Å². The molecule has 0 amide bonds. The second-order valence-electron chi connectivity index (χ2n) is 9.39. The number of alkyl halides is 3. The van der Waals surface area contributed by atoms with Gasteiger partial charge in [0.1, 0.15) is 37.8 Å². The lowest BCUT2D eigenvalue weighted by atomic mass is 9.92. The zero-order chi connectivity index (χ0) is 30.3. The van der Waals surface area contributed by atoms with Crippen LogP contribution in [-0.4, -0.2) is 53.3 Å². The van der Waals surface area contributed by atoms with E-state index in [1.54, 1.807) is 6.08 Å². The van der Waals surface area contributed by atoms with Crippen LogP contribution in [0.15, 0.2) is 48.6 Å². The van der Waals surface area contributed by atoms with Gasteiger partial charge >= 0.3 is 12.1 Å². The highest BCUT2D eigenvalue weighted by atomic mass is 19.4. The molecule has 1 fully saturated rings. The highest BCUT2D eigenvalue weighted by Gasteiger charge is 2.30. The molecule has 1 saturated carbocycles. The van der Waals surface area contributed by atoms with E-state index in [-0.39, 0.29) is 24.7 Å². The largest absolute Gasteiger partial charge is 0.491 e. The number of halogens is 3. The molecule has 1 aliphatic rings. The number of ether oxygens (including phenoxy) is 2. The van der Waals surface area contributed by atoms with E-state index >= 15 is 0 Å². The molecule has 0 bridgehead atoms. The monoisotopic (exact) mass is 590 g/mol. The van der Waals surface area contributed by atoms with E-state index in [2.05, 4.69) is 9.68 Å². The van der Waals surface area contributed by atoms with Gasteiger partial charge in [0.2, 0.25) is 0 Å². The number of carbonyl (C=O) groups excluding carboxylic acids is 1. The summed E-state index contributed by atoms with van der Waals surface area (Å²) in [5, 5.41) is 28.6. The van der Waals surface area contributed by atoms with E-state index in [0.29, 0.717) is 18.8 Å². The molecule has 0 saturated heterocycles. The molecule has 1 aromatic rings. The zero-order valence-electron chi connectivity index (χ0n) is 22.1. The van der Waals surface area contributed by atoms with E-state index in [1.807, 2.05) is 18.2 Å². The maximum absolute atomic E-state index is 12.8. The molecule has 0 spiro atoms. The van der Waals surface area contributed by atoms with Crippen molar-refractivity contribution in [2.75, 3.05) is 19.8 Å². The number of esters is 1. The van der Waals surface area contributed by atoms with Crippen LogP contribution in [0.4, 0.5) is 13.2 Å². The minimum atomic E-state index is -4.48. The third-order valence-electron chi connectivity index (χ3n) is 6.27. The van der Waals surface area contributed by atoms with Crippen LogP contribution in [-0.2, 0) is 25.4 Å². The molecule has 3 atom stereocenters. The van der Waals surface area contributed by atoms with Crippen molar-refractivity contribution in [2.24, 2.45) is 11.8 Å². The number of allylic oxidation sites excluding steroid dienone is 3. The summed E-state index contributed by atoms with van der Waals surface area (Å²) >= 11 is 0. The second kappa shape index (κ2) is 17.0. The number of hydrogen-bond acceptors (Lipinski definition) is 10. The Morgan fingerprint density at radius 2 is 1.80 bits per heavy atom. The van der Waals surface area contributed by atoms with Crippen molar-refractivity contribution in [1.29, 1.82) is 0 Å². The normalized spacial score (nSPS) is 18.1. The fourth-order valence-corrected chi connectivity index (χ4v) is 4.28. The highest BCUT2D eigenvalue weighted by molar-refractivity contribution is 5.69. The summed E-state index contributed by atoms with van der Waals surface area (Å²) in [6.45, 7) is -1.56. The summed E-state index contributed by atoms with van der Waals surface area (Å²) in [7, 11) is 0. The van der Waals surface area contributed by atoms with E-state index in [0.717, 1.165) is 37.8 Å². The van der Waals surface area contributed by atoms with Gasteiger partial charge in [-0.3, -0.25) is 4.79 Å². The first kappa shape index (κ1) is 33.3. The number of unbranched alkanes of at least 4 members (excludes halogenated alkanes) is 1. The fraction of sp³-hybridized carbons (Fsp3) is 0.577. The van der Waals surface area contributed by atoms with Crippen LogP contribution < -0.4 is 4.74 Å². The van der Waals surface area contributed by atoms with E-state index in [4.69, 9.17) is 9.47 Å². The molecule has 0 aromatic heterocycles. The first-order valence-corrected chi connectivity index (χ1v) is 13.0. The Kier molecular flexibility index (Phi) is 13.9. The third-order valence-corrected chi connectivity index (χ3v) is 6.27. The lowest BCUT2D eigenvalue weighted by molar-refractivity contribution is -0.768. The van der Waals surface area contributed by atoms with Crippen molar-refractivity contribution in [2.45, 2.75) is 63.3 Å². The van der Waals surface area contributed by atoms with Gasteiger partial charge in [0.15, 0.2) is 0 Å². The summed E-state index contributed by atoms with van der Waals surface area (Å²) in [5.41, 5.74) is -0.823. The average molecular weight is 591 g/mol. The molecule has 228 valence electrons. The number of nitrogens with zero attached hydrogens (tertiary/aromatic N) is 2. The van der Waals surface area contributed by atoms with Gasteiger partial charge in [-0.15, -0.1) is 20.2 Å². The van der Waals surface area contributed by atoms with Crippen LogP contribution in [0.5, 0.6) is 5.75 Å². The minimum absolute atomic E-state index is 0.00693. The molecule has 1 aliphatic carbocycles. The summed E-state index contributed by atoms with van der Waals surface area (Å²) in [4.78, 5) is 40.8. The topological polar surface area (TPSA) is 161 Å². The first-order valence-electron chi connectivity index (χ1n) is 13.0. The van der Waals surface area contributed by atoms with Gasteiger partial charge < -0.3 is 24.3 Å². The fourth-order valence-electron chi connectivity index (χ4n) is 4.28. The molecule has 2 rings (SSSR count). The number of hydrogen-bond donors (Lipinski definition) is 1. The summed E-state index contributed by atoms with van der Waals surface area (Å²) in [6.07, 6.45) is 5.46. The Balaban J connectivity index is 1.69. The van der Waals surface area contributed by atoms with Gasteiger partial charge in [0, 0.05) is 6.42 Å². The Hall–Kier alpha value is -3.88. The highest BCUT2D eigenvalue weighted by Crippen LogP contribution is 2.35. The smallest absolute Gasteiger partial charge is 0.416 e. The Morgan fingerprint density at radius 1 is 1.10 bits per heavy atom. The maximum atomic E-state index is 12.8. The van der Waals surface area contributed by atoms with Gasteiger partial charge in [0.05, 0.1) is 5.56 Å². The number of benzene rings is 1. The number of rotatable bonds is 18. The van der Waals surface area contributed by atoms with Crippen molar-refractivity contribution in [3.8, 4) is 5.75 Å². The van der Waals surface area contributed by atoms with E-state index < -0.39 is 53.3 Å². The van der Waals surface area contributed by atoms with Crippen molar-refractivity contribution < 1.29 is 52.4 Å². The lowest BCUT2D eigenvalue weighted by Gasteiger charge is -2.16. The molecule has 0 heterocycles. The number of aliphatic hydroxyl groups is 1. The Bertz CT molecular complexity index is 1030. The lowest BCUT2D eigenvalue weighted by Crippen LogP contribution is -2.30. The standard InChI is InChI=1S/C26H33F3N2O10/c27-26(28,29)21-10-6-11-23(15-21)38-16-22(32)14-13-20-9-5-8-19(20)7-3-1-2-4-12-25(33)41-24(17-39-30(34)35)18-40-31(36)37/h1,3,6,10-11,13-15,19-20,22,24,32H,2,4-5,7-9,12,16-18H2/b3-1-,14-13+/t19-,20+,22+/m0/s1. The summed E-state index contributed by atoms with van der Waals surface area (Å²) in [6, 6.07) is 4.47. The van der Waals surface area contributed by atoms with Crippen LogP contribution >= 0.6 is 0 Å². The Labute approximate surface area is 233 Å². The molecule has 0 unspecified atom stereocenters. The SMILES string of the molecule is O=C(CCC/C=C\C[C@H]1CCC[C@@H]1/C=C/[C@@H](O)COc1cccc(C(F)(F)F)c1)OC(CO[N+](=O)[O-])CO[N+](=O)[O-]. The van der Waals surface area contributed by atoms with E-state index in [1.165, 1.54) is 12.1 Å². The molecule has 1 N–H and O–H groups in total. The maximum Gasteiger partial charge on any atom is 0.416 e. The number of carbonyl (C=O) groups is 1. The van der Waals surface area contributed by atoms with Crippen LogP contribution in [0.2, 0.25) is 0 Å². The third kappa shape index (κ3) is 13.8. The van der Waals surface area contributed by atoms with Gasteiger partial charge in [-0.25, -0.2) is 0 Å². The molecular formula is C26H33F3N2O10. The zero-order valence-corrected chi connectivity index (χ0v) is 22.1. The molecule has 0 radical (unpaired) electrons. The van der Waals surface area contributed by atoms with Crippen molar-refractivity contribution in [3.05, 3.63) is 74.4 Å². The predicted molar refractivity (Wildman–Crippen MR) is 136 cm³/mol. The predicted octanol–water partition coefficient (Wildman–Crippen LogP) is 4.86. The van der Waals surface area contributed by atoms with Gasteiger partial charge in [0.25, 0.3) is 10.2 Å². The van der Waals surface area contributed by atoms with Gasteiger partial charge in [-0.05, 0) is 62.1 Å². The first-order chi connectivity index (χ1) is 19.4. The average Bonchev–Trinajstić information content (AvgIpc) is 3.36. The van der Waals surface area contributed by atoms with Crippen molar-refractivity contribution in [3.63, 3.8) is 0 Å². The minimum Gasteiger partial charge on any atom is -0.491 e.